The first kappa shape index (κ1) is 14.8. The van der Waals surface area contributed by atoms with Gasteiger partial charge in [0.2, 0.25) is 0 Å². The first-order valence-corrected chi connectivity index (χ1v) is 7.05. The van der Waals surface area contributed by atoms with E-state index >= 15 is 0 Å². The second-order valence-corrected chi connectivity index (χ2v) is 4.96. The van der Waals surface area contributed by atoms with Crippen LogP contribution in [0.3, 0.4) is 0 Å². The molecule has 0 spiro atoms. The van der Waals surface area contributed by atoms with Crippen molar-refractivity contribution < 1.29 is 0 Å². The summed E-state index contributed by atoms with van der Waals surface area (Å²) in [4.78, 5) is 10.7. The Morgan fingerprint density at radius 1 is 1.25 bits per heavy atom. The Morgan fingerprint density at radius 3 is 2.60 bits per heavy atom. The molecular formula is C15H19ClN4. The summed E-state index contributed by atoms with van der Waals surface area (Å²) in [5, 5.41) is 3.78. The van der Waals surface area contributed by atoms with Crippen LogP contribution < -0.4 is 10.2 Å². The van der Waals surface area contributed by atoms with E-state index in [1.807, 2.05) is 31.4 Å². The molecule has 0 saturated carbocycles. The number of pyridine rings is 2. The lowest BCUT2D eigenvalue weighted by molar-refractivity contribution is 0.795. The molecule has 0 aliphatic rings. The largest absolute Gasteiger partial charge is 0.351 e. The van der Waals surface area contributed by atoms with Crippen molar-refractivity contribution in [3.63, 3.8) is 0 Å². The zero-order chi connectivity index (χ0) is 14.4. The van der Waals surface area contributed by atoms with Crippen LogP contribution in [-0.2, 0) is 13.1 Å². The zero-order valence-electron chi connectivity index (χ0n) is 11.8. The molecule has 2 aromatic heterocycles. The molecule has 0 fully saturated rings. The van der Waals surface area contributed by atoms with Crippen LogP contribution in [0.1, 0.15) is 18.1 Å². The lowest BCUT2D eigenvalue weighted by Crippen LogP contribution is -2.23. The molecule has 5 heteroatoms. The molecule has 20 heavy (non-hydrogen) atoms. The molecule has 2 rings (SSSR count). The zero-order valence-corrected chi connectivity index (χ0v) is 12.6. The van der Waals surface area contributed by atoms with E-state index in [-0.39, 0.29) is 0 Å². The number of nitrogens with zero attached hydrogens (tertiary/aromatic N) is 3. The monoisotopic (exact) mass is 290 g/mol. The highest BCUT2D eigenvalue weighted by Crippen LogP contribution is 2.25. The predicted molar refractivity (Wildman–Crippen MR) is 83.0 cm³/mol. The van der Waals surface area contributed by atoms with Crippen molar-refractivity contribution in [2.75, 3.05) is 18.5 Å². The van der Waals surface area contributed by atoms with Gasteiger partial charge in [0.1, 0.15) is 5.82 Å². The van der Waals surface area contributed by atoms with Gasteiger partial charge in [0, 0.05) is 38.2 Å². The van der Waals surface area contributed by atoms with Crippen molar-refractivity contribution >= 4 is 17.4 Å². The van der Waals surface area contributed by atoms with Gasteiger partial charge in [0.15, 0.2) is 0 Å². The summed E-state index contributed by atoms with van der Waals surface area (Å²) in [6, 6.07) is 5.98. The van der Waals surface area contributed by atoms with Gasteiger partial charge < -0.3 is 10.2 Å². The quantitative estimate of drug-likeness (QED) is 0.888. The molecule has 0 aliphatic carbocycles. The van der Waals surface area contributed by atoms with Crippen LogP contribution in [0.2, 0.25) is 5.02 Å². The van der Waals surface area contributed by atoms with Crippen LogP contribution in [0.25, 0.3) is 0 Å². The number of aromatic nitrogens is 2. The van der Waals surface area contributed by atoms with Crippen molar-refractivity contribution in [2.24, 2.45) is 0 Å². The maximum Gasteiger partial charge on any atom is 0.147 e. The van der Waals surface area contributed by atoms with E-state index in [9.17, 15) is 0 Å². The number of hydrogen-bond acceptors (Lipinski definition) is 4. The lowest BCUT2D eigenvalue weighted by Gasteiger charge is -2.23. The van der Waals surface area contributed by atoms with E-state index < -0.39 is 0 Å². The summed E-state index contributed by atoms with van der Waals surface area (Å²) in [6.45, 7) is 4.49. The Kier molecular flexibility index (Phi) is 5.32. The van der Waals surface area contributed by atoms with E-state index in [1.165, 1.54) is 5.56 Å². The fraction of sp³-hybridized carbons (Fsp3) is 0.333. The second-order valence-electron chi connectivity index (χ2n) is 4.55. The third-order valence-corrected chi connectivity index (χ3v) is 3.34. The van der Waals surface area contributed by atoms with Gasteiger partial charge in [-0.25, -0.2) is 4.98 Å². The number of nitrogens with one attached hydrogen (secondary N) is 1. The summed E-state index contributed by atoms with van der Waals surface area (Å²) in [6.07, 6.45) is 5.47. The smallest absolute Gasteiger partial charge is 0.147 e. The average Bonchev–Trinajstić information content (AvgIpc) is 2.47. The van der Waals surface area contributed by atoms with Crippen LogP contribution in [0.4, 0.5) is 5.82 Å². The van der Waals surface area contributed by atoms with Gasteiger partial charge in [-0.1, -0.05) is 11.6 Å². The summed E-state index contributed by atoms with van der Waals surface area (Å²) >= 11 is 6.36. The molecule has 106 valence electrons. The second kappa shape index (κ2) is 7.22. The van der Waals surface area contributed by atoms with Gasteiger partial charge in [-0.05, 0) is 43.3 Å². The summed E-state index contributed by atoms with van der Waals surface area (Å²) < 4.78 is 0. The highest BCUT2D eigenvalue weighted by atomic mass is 35.5. The van der Waals surface area contributed by atoms with E-state index in [0.29, 0.717) is 5.02 Å². The summed E-state index contributed by atoms with van der Waals surface area (Å²) in [7, 11) is 1.91. The van der Waals surface area contributed by atoms with Gasteiger partial charge in [-0.15, -0.1) is 0 Å². The minimum Gasteiger partial charge on any atom is -0.351 e. The molecule has 0 aromatic carbocycles. The standard InChI is InChI=1S/C15H19ClN4/c1-3-20(11-12-4-6-18-7-5-12)15-14(16)8-13(9-17-2)10-19-15/h4-8,10,17H,3,9,11H2,1-2H3. The minimum absolute atomic E-state index is 0.689. The maximum absolute atomic E-state index is 6.36. The van der Waals surface area contributed by atoms with Crippen LogP contribution >= 0.6 is 11.6 Å². The molecule has 1 N–H and O–H groups in total. The first-order valence-electron chi connectivity index (χ1n) is 6.67. The SMILES string of the molecule is CCN(Cc1ccncc1)c1ncc(CNC)cc1Cl. The Labute approximate surface area is 124 Å². The van der Waals surface area contributed by atoms with Crippen LogP contribution in [0, 0.1) is 0 Å². The van der Waals surface area contributed by atoms with Crippen molar-refractivity contribution in [2.45, 2.75) is 20.0 Å². The van der Waals surface area contributed by atoms with E-state index in [4.69, 9.17) is 11.6 Å². The average molecular weight is 291 g/mol. The predicted octanol–water partition coefficient (Wildman–Crippen LogP) is 2.88. The third-order valence-electron chi connectivity index (χ3n) is 3.06. The van der Waals surface area contributed by atoms with Crippen LogP contribution in [0.15, 0.2) is 36.8 Å². The molecule has 0 saturated heterocycles. The summed E-state index contributed by atoms with van der Waals surface area (Å²) in [5.41, 5.74) is 2.28. The Balaban J connectivity index is 2.19. The van der Waals surface area contributed by atoms with E-state index in [2.05, 4.69) is 27.1 Å². The molecule has 0 atom stereocenters. The fourth-order valence-corrected chi connectivity index (χ4v) is 2.36. The number of hydrogen-bond donors (Lipinski definition) is 1. The Morgan fingerprint density at radius 2 is 2.00 bits per heavy atom. The lowest BCUT2D eigenvalue weighted by atomic mass is 10.2. The Bertz CT molecular complexity index is 545. The van der Waals surface area contributed by atoms with Gasteiger partial charge in [0.25, 0.3) is 0 Å². The highest BCUT2D eigenvalue weighted by Gasteiger charge is 2.11. The van der Waals surface area contributed by atoms with Gasteiger partial charge in [0.05, 0.1) is 5.02 Å². The van der Waals surface area contributed by atoms with Crippen molar-refractivity contribution in [1.82, 2.24) is 15.3 Å². The van der Waals surface area contributed by atoms with Crippen LogP contribution in [-0.4, -0.2) is 23.6 Å². The van der Waals surface area contributed by atoms with Crippen molar-refractivity contribution in [3.05, 3.63) is 52.9 Å². The Hall–Kier alpha value is -1.65. The van der Waals surface area contributed by atoms with E-state index in [1.54, 1.807) is 12.4 Å². The molecule has 0 unspecified atom stereocenters. The first-order chi connectivity index (χ1) is 9.74. The van der Waals surface area contributed by atoms with Gasteiger partial charge in [-0.2, -0.15) is 0 Å². The van der Waals surface area contributed by atoms with Crippen molar-refractivity contribution in [1.29, 1.82) is 0 Å². The summed E-state index contributed by atoms with van der Waals surface area (Å²) in [5.74, 6) is 0.825. The minimum atomic E-state index is 0.689. The highest BCUT2D eigenvalue weighted by molar-refractivity contribution is 6.33. The maximum atomic E-state index is 6.36. The number of halogens is 1. The third kappa shape index (κ3) is 3.68. The van der Waals surface area contributed by atoms with Crippen LogP contribution in [0.5, 0.6) is 0 Å². The van der Waals surface area contributed by atoms with Gasteiger partial charge in [-0.3, -0.25) is 4.98 Å². The molecule has 2 aromatic rings. The normalized spacial score (nSPS) is 10.6. The molecule has 0 radical (unpaired) electrons. The molecule has 0 bridgehead atoms. The van der Waals surface area contributed by atoms with E-state index in [0.717, 1.165) is 31.0 Å². The number of anilines is 1. The molecule has 2 heterocycles. The molecule has 0 aliphatic heterocycles. The number of rotatable bonds is 6. The molecule has 4 nitrogen and oxygen atoms in total. The van der Waals surface area contributed by atoms with Crippen molar-refractivity contribution in [3.8, 4) is 0 Å². The fourth-order valence-electron chi connectivity index (χ4n) is 2.05. The molecular weight excluding hydrogens is 272 g/mol. The topological polar surface area (TPSA) is 41.1 Å². The molecule has 0 amide bonds. The van der Waals surface area contributed by atoms with Gasteiger partial charge >= 0.3 is 0 Å².